The van der Waals surface area contributed by atoms with Crippen molar-refractivity contribution in [3.8, 4) is 11.5 Å². The van der Waals surface area contributed by atoms with E-state index in [9.17, 15) is 4.79 Å². The van der Waals surface area contributed by atoms with Crippen LogP contribution in [-0.4, -0.2) is 27.2 Å². The fraction of sp³-hybridized carbons (Fsp3) is 0.348. The van der Waals surface area contributed by atoms with Gasteiger partial charge in [0.25, 0.3) is 0 Å². The molecule has 4 rings (SSSR count). The Bertz CT molecular complexity index is 1080. The number of nitrogens with zero attached hydrogens (tertiary/aromatic N) is 3. The second-order valence-electron chi connectivity index (χ2n) is 7.32. The number of hydrogen-bond acceptors (Lipinski definition) is 6. The molecule has 1 aromatic heterocycles. The number of benzene rings is 2. The van der Waals surface area contributed by atoms with E-state index in [1.54, 1.807) is 30.8 Å². The summed E-state index contributed by atoms with van der Waals surface area (Å²) in [5.74, 6) is 2.87. The normalized spacial score (nSPS) is 13.3. The van der Waals surface area contributed by atoms with Crippen molar-refractivity contribution in [2.45, 2.75) is 50.2 Å². The molecule has 6 nitrogen and oxygen atoms in total. The molecule has 0 N–H and O–H groups in total. The molecule has 162 valence electrons. The number of halogens is 1. The van der Waals surface area contributed by atoms with Crippen LogP contribution in [0.1, 0.15) is 54.5 Å². The Morgan fingerprint density at radius 1 is 1.16 bits per heavy atom. The van der Waals surface area contributed by atoms with Crippen LogP contribution >= 0.6 is 23.4 Å². The summed E-state index contributed by atoms with van der Waals surface area (Å²) < 4.78 is 13.8. The Balaban J connectivity index is 1.51. The minimum Gasteiger partial charge on any atom is -0.494 e. The van der Waals surface area contributed by atoms with Crippen LogP contribution in [0, 0.1) is 0 Å². The van der Waals surface area contributed by atoms with Gasteiger partial charge in [0.15, 0.2) is 16.8 Å². The monoisotopic (exact) mass is 457 g/mol. The summed E-state index contributed by atoms with van der Waals surface area (Å²) in [6.45, 7) is 4.39. The molecule has 0 aliphatic heterocycles. The SMILES string of the molecule is CCOc1ccc(C(C)=O)cc1CSc1nnc(COc2ccccc2Cl)n1C1CC1. The van der Waals surface area contributed by atoms with E-state index >= 15 is 0 Å². The minimum absolute atomic E-state index is 0.0365. The van der Waals surface area contributed by atoms with Gasteiger partial charge in [0.1, 0.15) is 18.1 Å². The predicted molar refractivity (Wildman–Crippen MR) is 121 cm³/mol. The lowest BCUT2D eigenvalue weighted by atomic mass is 10.1. The van der Waals surface area contributed by atoms with Crippen LogP contribution in [0.5, 0.6) is 11.5 Å². The molecule has 0 radical (unpaired) electrons. The fourth-order valence-corrected chi connectivity index (χ4v) is 4.45. The molecular weight excluding hydrogens is 434 g/mol. The van der Waals surface area contributed by atoms with Gasteiger partial charge in [-0.15, -0.1) is 10.2 Å². The van der Waals surface area contributed by atoms with Gasteiger partial charge in [0, 0.05) is 22.9 Å². The Kier molecular flexibility index (Phi) is 6.83. The van der Waals surface area contributed by atoms with E-state index in [0.29, 0.717) is 41.3 Å². The number of carbonyl (C=O) groups is 1. The van der Waals surface area contributed by atoms with E-state index in [2.05, 4.69) is 14.8 Å². The second kappa shape index (κ2) is 9.75. The van der Waals surface area contributed by atoms with Gasteiger partial charge in [-0.05, 0) is 57.0 Å². The van der Waals surface area contributed by atoms with Gasteiger partial charge in [-0.1, -0.05) is 35.5 Å². The first kappa shape index (κ1) is 21.7. The minimum atomic E-state index is 0.0365. The van der Waals surface area contributed by atoms with E-state index in [1.165, 1.54) is 0 Å². The summed E-state index contributed by atoms with van der Waals surface area (Å²) >= 11 is 7.79. The van der Waals surface area contributed by atoms with Gasteiger partial charge in [-0.3, -0.25) is 9.36 Å². The third-order valence-corrected chi connectivity index (χ3v) is 6.27. The van der Waals surface area contributed by atoms with Crippen LogP contribution in [0.3, 0.4) is 0 Å². The first-order valence-corrected chi connectivity index (χ1v) is 11.6. The molecular formula is C23H24ClN3O3S. The summed E-state index contributed by atoms with van der Waals surface area (Å²) in [7, 11) is 0. The number of carbonyl (C=O) groups excluding carboxylic acids is 1. The van der Waals surface area contributed by atoms with Crippen LogP contribution in [0.4, 0.5) is 0 Å². The van der Waals surface area contributed by atoms with Gasteiger partial charge >= 0.3 is 0 Å². The molecule has 1 heterocycles. The summed E-state index contributed by atoms with van der Waals surface area (Å²) in [6, 6.07) is 13.4. The zero-order valence-electron chi connectivity index (χ0n) is 17.5. The molecule has 1 aliphatic rings. The van der Waals surface area contributed by atoms with Gasteiger partial charge in [-0.25, -0.2) is 0 Å². The van der Waals surface area contributed by atoms with Crippen LogP contribution in [0.15, 0.2) is 47.6 Å². The van der Waals surface area contributed by atoms with Crippen LogP contribution in [0.2, 0.25) is 5.02 Å². The maximum atomic E-state index is 11.8. The molecule has 0 unspecified atom stereocenters. The van der Waals surface area contributed by atoms with Crippen molar-refractivity contribution in [2.24, 2.45) is 0 Å². The van der Waals surface area contributed by atoms with Gasteiger partial charge in [0.05, 0.1) is 11.6 Å². The molecule has 0 amide bonds. The van der Waals surface area contributed by atoms with Crippen LogP contribution in [0.25, 0.3) is 0 Å². The smallest absolute Gasteiger partial charge is 0.191 e. The number of rotatable bonds is 10. The zero-order chi connectivity index (χ0) is 21.8. The molecule has 2 aromatic carbocycles. The Hall–Kier alpha value is -2.51. The maximum absolute atomic E-state index is 11.8. The molecule has 31 heavy (non-hydrogen) atoms. The number of aromatic nitrogens is 3. The zero-order valence-corrected chi connectivity index (χ0v) is 19.1. The largest absolute Gasteiger partial charge is 0.494 e. The Morgan fingerprint density at radius 2 is 1.97 bits per heavy atom. The molecule has 0 atom stereocenters. The van der Waals surface area contributed by atoms with Crippen molar-refractivity contribution in [1.29, 1.82) is 0 Å². The first-order chi connectivity index (χ1) is 15.1. The lowest BCUT2D eigenvalue weighted by Crippen LogP contribution is -2.07. The second-order valence-corrected chi connectivity index (χ2v) is 8.67. The Labute approximate surface area is 190 Å². The van der Waals surface area contributed by atoms with Crippen molar-refractivity contribution in [1.82, 2.24) is 14.8 Å². The quantitative estimate of drug-likeness (QED) is 0.285. The lowest BCUT2D eigenvalue weighted by molar-refractivity contribution is 0.101. The summed E-state index contributed by atoms with van der Waals surface area (Å²) in [5.41, 5.74) is 1.65. The van der Waals surface area contributed by atoms with Crippen molar-refractivity contribution >= 4 is 29.1 Å². The predicted octanol–water partition coefficient (Wildman–Crippen LogP) is 5.74. The highest BCUT2D eigenvalue weighted by molar-refractivity contribution is 7.98. The molecule has 1 fully saturated rings. The molecule has 8 heteroatoms. The van der Waals surface area contributed by atoms with Crippen molar-refractivity contribution in [3.63, 3.8) is 0 Å². The number of para-hydroxylation sites is 1. The standard InChI is InChI=1S/C23H24ClN3O3S/c1-3-29-20-11-8-16(15(2)28)12-17(20)14-31-23-26-25-22(27(23)18-9-10-18)13-30-21-7-5-4-6-19(21)24/h4-8,11-12,18H,3,9-10,13-14H2,1-2H3. The number of ether oxygens (including phenoxy) is 2. The number of hydrogen-bond donors (Lipinski definition) is 0. The van der Waals surface area contributed by atoms with Gasteiger partial charge < -0.3 is 9.47 Å². The number of ketones is 1. The fourth-order valence-electron chi connectivity index (χ4n) is 3.26. The lowest BCUT2D eigenvalue weighted by Gasteiger charge is -2.13. The molecule has 3 aromatic rings. The topological polar surface area (TPSA) is 66.2 Å². The number of thioether (sulfide) groups is 1. The van der Waals surface area contributed by atoms with Crippen molar-refractivity contribution < 1.29 is 14.3 Å². The molecule has 1 saturated carbocycles. The van der Waals surface area contributed by atoms with Crippen molar-refractivity contribution in [3.05, 3.63) is 64.4 Å². The Morgan fingerprint density at radius 3 is 2.68 bits per heavy atom. The number of Topliss-reactive ketones (excluding diaryl/α,β-unsaturated/α-hetero) is 1. The average Bonchev–Trinajstić information content (AvgIpc) is 3.52. The molecule has 1 aliphatic carbocycles. The maximum Gasteiger partial charge on any atom is 0.191 e. The van der Waals surface area contributed by atoms with Crippen LogP contribution in [-0.2, 0) is 12.4 Å². The summed E-state index contributed by atoms with van der Waals surface area (Å²) in [6.07, 6.45) is 2.21. The third kappa shape index (κ3) is 5.22. The highest BCUT2D eigenvalue weighted by atomic mass is 35.5. The highest BCUT2D eigenvalue weighted by Gasteiger charge is 2.30. The van der Waals surface area contributed by atoms with E-state index in [1.807, 2.05) is 37.3 Å². The summed E-state index contributed by atoms with van der Waals surface area (Å²) in [4.78, 5) is 11.8. The van der Waals surface area contributed by atoms with Gasteiger partial charge in [0.2, 0.25) is 0 Å². The van der Waals surface area contributed by atoms with E-state index < -0.39 is 0 Å². The average molecular weight is 458 g/mol. The van der Waals surface area contributed by atoms with E-state index in [4.69, 9.17) is 21.1 Å². The van der Waals surface area contributed by atoms with E-state index in [-0.39, 0.29) is 5.78 Å². The van der Waals surface area contributed by atoms with Crippen LogP contribution < -0.4 is 9.47 Å². The molecule has 0 bridgehead atoms. The summed E-state index contributed by atoms with van der Waals surface area (Å²) in [5, 5.41) is 10.2. The highest BCUT2D eigenvalue weighted by Crippen LogP contribution is 2.40. The first-order valence-electron chi connectivity index (χ1n) is 10.3. The van der Waals surface area contributed by atoms with Crippen molar-refractivity contribution in [2.75, 3.05) is 6.61 Å². The molecule has 0 spiro atoms. The van der Waals surface area contributed by atoms with Gasteiger partial charge in [-0.2, -0.15) is 0 Å². The third-order valence-electron chi connectivity index (χ3n) is 4.96. The van der Waals surface area contributed by atoms with E-state index in [0.717, 1.165) is 35.1 Å². The molecule has 0 saturated heterocycles.